The van der Waals surface area contributed by atoms with Crippen molar-refractivity contribution in [1.29, 1.82) is 0 Å². The molecule has 4 aromatic heterocycles. The van der Waals surface area contributed by atoms with Crippen LogP contribution in [0.4, 0.5) is 8.78 Å². The molecule has 4 heteroatoms. The standard InChI is InChI=1S/C70H62F2N2/c1-67(2,3)43-31-41(32-44(37-43)68(4,5)6)49-21-17-23-53-61-59-52-30-28-40(48-20-14-16-26-56(48)72)36-58(52)74-64-50(42-33-45(69(7,8)9)38-46(34-42)70(10,11)12)22-18-24-54(64)62(66(59)74)60-51-29-27-39(47-19-13-15-25-55(47)71)35-57(51)73(63(49)53)65(60)61/h13-38H,1-12H3. The molecule has 0 saturated heterocycles. The minimum absolute atomic E-state index is 0.0883. The van der Waals surface area contributed by atoms with Crippen LogP contribution in [0.15, 0.2) is 158 Å². The first-order chi connectivity index (χ1) is 35.1. The Hall–Kier alpha value is -7.56. The summed E-state index contributed by atoms with van der Waals surface area (Å²) in [5.41, 5.74) is 18.9. The van der Waals surface area contributed by atoms with Crippen molar-refractivity contribution in [3.8, 4) is 44.5 Å². The maximum absolute atomic E-state index is 15.9. The van der Waals surface area contributed by atoms with Crippen LogP contribution in [0.5, 0.6) is 0 Å². The Bertz CT molecular complexity index is 4120. The summed E-state index contributed by atoms with van der Waals surface area (Å²) in [5.74, 6) is -0.489. The predicted octanol–water partition coefficient (Wildman–Crippen LogP) is 20.1. The summed E-state index contributed by atoms with van der Waals surface area (Å²) in [7, 11) is 0. The topological polar surface area (TPSA) is 8.82 Å². The zero-order valence-corrected chi connectivity index (χ0v) is 44.7. The van der Waals surface area contributed by atoms with E-state index in [1.807, 2.05) is 24.3 Å². The van der Waals surface area contributed by atoms with Crippen LogP contribution in [-0.4, -0.2) is 8.80 Å². The van der Waals surface area contributed by atoms with E-state index >= 15 is 8.78 Å². The average molecular weight is 969 g/mol. The molecule has 4 heterocycles. The summed E-state index contributed by atoms with van der Waals surface area (Å²) in [6.07, 6.45) is 0. The minimum Gasteiger partial charge on any atom is -0.307 e. The van der Waals surface area contributed by atoms with E-state index < -0.39 is 0 Å². The third-order valence-electron chi connectivity index (χ3n) is 16.3. The fourth-order valence-corrected chi connectivity index (χ4v) is 12.2. The summed E-state index contributed by atoms with van der Waals surface area (Å²) in [5, 5.41) is 9.27. The fraction of sp³-hybridized carbons (Fsp3) is 0.229. The normalized spacial score (nSPS) is 13.3. The highest BCUT2D eigenvalue weighted by molar-refractivity contribution is 6.46. The van der Waals surface area contributed by atoms with Crippen molar-refractivity contribution in [3.63, 3.8) is 0 Å². The summed E-state index contributed by atoms with van der Waals surface area (Å²) < 4.78 is 36.9. The van der Waals surface area contributed by atoms with Crippen LogP contribution in [0.25, 0.3) is 121 Å². The highest BCUT2D eigenvalue weighted by Gasteiger charge is 2.32. The molecule has 13 rings (SSSR count). The molecule has 0 saturated carbocycles. The fourth-order valence-electron chi connectivity index (χ4n) is 12.2. The van der Waals surface area contributed by atoms with Crippen molar-refractivity contribution >= 4 is 76.2 Å². The highest BCUT2D eigenvalue weighted by atomic mass is 19.1. The first kappa shape index (κ1) is 46.2. The van der Waals surface area contributed by atoms with Gasteiger partial charge in [-0.1, -0.05) is 217 Å². The Labute approximate surface area is 432 Å². The molecule has 0 bridgehead atoms. The molecule has 9 aromatic carbocycles. The van der Waals surface area contributed by atoms with Gasteiger partial charge in [-0.3, -0.25) is 0 Å². The van der Waals surface area contributed by atoms with E-state index in [4.69, 9.17) is 0 Å². The molecule has 13 aromatic rings. The number of rotatable bonds is 4. The molecule has 0 unspecified atom stereocenters. The Morgan fingerprint density at radius 1 is 0.284 bits per heavy atom. The molecule has 0 aliphatic carbocycles. The maximum Gasteiger partial charge on any atom is 0.131 e. The van der Waals surface area contributed by atoms with Gasteiger partial charge in [0.25, 0.3) is 0 Å². The number of aromatic nitrogens is 2. The molecule has 0 radical (unpaired) electrons. The molecule has 0 spiro atoms. The van der Waals surface area contributed by atoms with Crippen molar-refractivity contribution in [1.82, 2.24) is 8.80 Å². The van der Waals surface area contributed by atoms with Crippen LogP contribution < -0.4 is 0 Å². The lowest BCUT2D eigenvalue weighted by Gasteiger charge is -2.26. The quantitative estimate of drug-likeness (QED) is 0.166. The van der Waals surface area contributed by atoms with Gasteiger partial charge in [-0.2, -0.15) is 0 Å². The lowest BCUT2D eigenvalue weighted by Crippen LogP contribution is -2.16. The van der Waals surface area contributed by atoms with E-state index in [0.717, 1.165) is 76.9 Å². The monoisotopic (exact) mass is 968 g/mol. The average Bonchev–Trinajstić information content (AvgIpc) is 4.18. The van der Waals surface area contributed by atoms with Crippen molar-refractivity contribution in [3.05, 3.63) is 192 Å². The summed E-state index contributed by atoms with van der Waals surface area (Å²) >= 11 is 0. The minimum atomic E-state index is -0.244. The third-order valence-corrected chi connectivity index (χ3v) is 16.3. The van der Waals surface area contributed by atoms with Gasteiger partial charge in [0, 0.05) is 65.3 Å². The van der Waals surface area contributed by atoms with Gasteiger partial charge in [0.1, 0.15) is 11.6 Å². The van der Waals surface area contributed by atoms with Crippen LogP contribution in [0.2, 0.25) is 0 Å². The van der Waals surface area contributed by atoms with E-state index in [0.29, 0.717) is 11.1 Å². The van der Waals surface area contributed by atoms with Gasteiger partial charge in [-0.05, 0) is 90.4 Å². The Morgan fingerprint density at radius 2 is 0.608 bits per heavy atom. The van der Waals surface area contributed by atoms with Gasteiger partial charge in [0.05, 0.1) is 33.1 Å². The molecule has 0 aliphatic rings. The van der Waals surface area contributed by atoms with Crippen LogP contribution >= 0.6 is 0 Å². The second-order valence-corrected chi connectivity index (χ2v) is 25.3. The molecule has 0 atom stereocenters. The van der Waals surface area contributed by atoms with Gasteiger partial charge < -0.3 is 8.80 Å². The number of benzene rings is 9. The molecule has 0 amide bonds. The number of fused-ring (bicyclic) bond motifs is 14. The van der Waals surface area contributed by atoms with Crippen molar-refractivity contribution in [2.24, 2.45) is 0 Å². The number of hydrogen-bond donors (Lipinski definition) is 0. The zero-order valence-electron chi connectivity index (χ0n) is 44.7. The number of para-hydroxylation sites is 2. The predicted molar refractivity (Wildman–Crippen MR) is 312 cm³/mol. The third kappa shape index (κ3) is 6.72. The summed E-state index contributed by atoms with van der Waals surface area (Å²) in [6.45, 7) is 27.6. The Morgan fingerprint density at radius 3 is 0.946 bits per heavy atom. The summed E-state index contributed by atoms with van der Waals surface area (Å²) in [4.78, 5) is 0. The van der Waals surface area contributed by atoms with Gasteiger partial charge in [0.2, 0.25) is 0 Å². The zero-order chi connectivity index (χ0) is 51.7. The van der Waals surface area contributed by atoms with Gasteiger partial charge in [-0.25, -0.2) is 8.78 Å². The molecule has 0 N–H and O–H groups in total. The summed E-state index contributed by atoms with van der Waals surface area (Å²) in [6, 6.07) is 55.4. The molecule has 0 fully saturated rings. The van der Waals surface area contributed by atoms with Gasteiger partial charge >= 0.3 is 0 Å². The SMILES string of the molecule is CC(C)(C)c1cc(-c2cccc3c4c5c6ccc(-c7ccccc7F)cc6n6c7c(-c8cc(C(C)(C)C)cc(C(C)(C)C)c8)cccc7c(c7c8ccc(-c9ccccc9F)cc8n(c23)c74)c56)cc(C(C)(C)C)c1. The molecule has 0 aliphatic heterocycles. The molecule has 2 nitrogen and oxygen atoms in total. The van der Waals surface area contributed by atoms with Gasteiger partial charge in [0.15, 0.2) is 0 Å². The Kier molecular flexibility index (Phi) is 9.68. The number of nitrogens with zero attached hydrogens (tertiary/aromatic N) is 2. The first-order valence-electron chi connectivity index (χ1n) is 26.3. The smallest absolute Gasteiger partial charge is 0.131 e. The van der Waals surface area contributed by atoms with Crippen LogP contribution in [0.3, 0.4) is 0 Å². The van der Waals surface area contributed by atoms with E-state index in [1.54, 1.807) is 24.3 Å². The van der Waals surface area contributed by atoms with Crippen LogP contribution in [0, 0.1) is 11.6 Å². The Balaban J connectivity index is 1.28. The number of halogens is 2. The number of hydrogen-bond acceptors (Lipinski definition) is 0. The van der Waals surface area contributed by atoms with Crippen LogP contribution in [0.1, 0.15) is 105 Å². The van der Waals surface area contributed by atoms with Gasteiger partial charge in [-0.15, -0.1) is 0 Å². The second kappa shape index (κ2) is 15.5. The van der Waals surface area contributed by atoms with E-state index in [2.05, 4.69) is 201 Å². The van der Waals surface area contributed by atoms with Crippen LogP contribution in [-0.2, 0) is 21.7 Å². The largest absolute Gasteiger partial charge is 0.307 e. The lowest BCUT2D eigenvalue weighted by molar-refractivity contribution is 0.568. The second-order valence-electron chi connectivity index (χ2n) is 25.3. The van der Waals surface area contributed by atoms with E-state index in [9.17, 15) is 0 Å². The molecular formula is C70H62F2N2. The molecule has 74 heavy (non-hydrogen) atoms. The van der Waals surface area contributed by atoms with Crippen molar-refractivity contribution in [2.45, 2.75) is 105 Å². The van der Waals surface area contributed by atoms with E-state index in [1.165, 1.54) is 54.9 Å². The first-order valence-corrected chi connectivity index (χ1v) is 26.3. The molecular weight excluding hydrogens is 907 g/mol. The molecule has 366 valence electrons. The van der Waals surface area contributed by atoms with Crippen molar-refractivity contribution in [2.75, 3.05) is 0 Å². The maximum atomic E-state index is 15.9. The lowest BCUT2D eigenvalue weighted by atomic mass is 9.78. The highest BCUT2D eigenvalue weighted by Crippen LogP contribution is 2.55. The van der Waals surface area contributed by atoms with Crippen molar-refractivity contribution < 1.29 is 8.78 Å². The van der Waals surface area contributed by atoms with E-state index in [-0.39, 0.29) is 33.3 Å².